The molecular weight excluding hydrogens is 260 g/mol. The van der Waals surface area contributed by atoms with Gasteiger partial charge in [0.25, 0.3) is 0 Å². The van der Waals surface area contributed by atoms with E-state index in [2.05, 4.69) is 72.1 Å². The van der Waals surface area contributed by atoms with E-state index in [0.717, 1.165) is 42.7 Å². The largest absolute Gasteiger partial charge is 0.370 e. The van der Waals surface area contributed by atoms with Crippen LogP contribution in [-0.4, -0.2) is 23.1 Å². The zero-order valence-electron chi connectivity index (χ0n) is 13.3. The minimum absolute atomic E-state index is 0.831. The summed E-state index contributed by atoms with van der Waals surface area (Å²) in [6.07, 6.45) is 0.831. The van der Waals surface area contributed by atoms with Gasteiger partial charge in [-0.2, -0.15) is 0 Å². The number of anilines is 3. The fraction of sp³-hybridized carbons (Fsp3) is 0.412. The lowest BCUT2D eigenvalue weighted by Crippen LogP contribution is -2.19. The van der Waals surface area contributed by atoms with Crippen LogP contribution in [0.25, 0.3) is 0 Å². The van der Waals surface area contributed by atoms with Crippen molar-refractivity contribution in [3.8, 4) is 0 Å². The third-order valence-electron chi connectivity index (χ3n) is 3.37. The summed E-state index contributed by atoms with van der Waals surface area (Å²) in [4.78, 5) is 11.4. The summed E-state index contributed by atoms with van der Waals surface area (Å²) in [5.41, 5.74) is 2.42. The standard InChI is InChI=1S/C17H24N4/c1-5-15-19-16(18-6-2)12-17(20-15)21(7-3)14-10-8-13(4)9-11-14/h8-12H,5-7H2,1-4H3,(H,18,19,20). The number of rotatable bonds is 6. The van der Waals surface area contributed by atoms with Gasteiger partial charge in [0.15, 0.2) is 0 Å². The van der Waals surface area contributed by atoms with Crippen LogP contribution in [0.4, 0.5) is 17.3 Å². The van der Waals surface area contributed by atoms with Crippen LogP contribution < -0.4 is 10.2 Å². The monoisotopic (exact) mass is 284 g/mol. The van der Waals surface area contributed by atoms with Gasteiger partial charge in [-0.15, -0.1) is 0 Å². The summed E-state index contributed by atoms with van der Waals surface area (Å²) < 4.78 is 0. The molecule has 0 saturated heterocycles. The van der Waals surface area contributed by atoms with Crippen LogP contribution in [-0.2, 0) is 6.42 Å². The molecule has 1 aromatic heterocycles. The molecule has 0 unspecified atom stereocenters. The van der Waals surface area contributed by atoms with Crippen molar-refractivity contribution in [1.82, 2.24) is 9.97 Å². The Hall–Kier alpha value is -2.10. The van der Waals surface area contributed by atoms with Crippen molar-refractivity contribution in [1.29, 1.82) is 0 Å². The normalized spacial score (nSPS) is 10.5. The summed E-state index contributed by atoms with van der Waals surface area (Å²) in [5, 5.41) is 3.28. The molecule has 112 valence electrons. The van der Waals surface area contributed by atoms with Crippen molar-refractivity contribution < 1.29 is 0 Å². The summed E-state index contributed by atoms with van der Waals surface area (Å²) >= 11 is 0. The number of nitrogens with one attached hydrogen (secondary N) is 1. The van der Waals surface area contributed by atoms with Crippen molar-refractivity contribution >= 4 is 17.3 Å². The Morgan fingerprint density at radius 2 is 1.76 bits per heavy atom. The molecule has 0 aliphatic heterocycles. The van der Waals surface area contributed by atoms with E-state index >= 15 is 0 Å². The predicted molar refractivity (Wildman–Crippen MR) is 89.4 cm³/mol. The second kappa shape index (κ2) is 7.07. The number of benzene rings is 1. The molecule has 0 radical (unpaired) electrons. The summed E-state index contributed by atoms with van der Waals surface area (Å²) in [6, 6.07) is 10.6. The minimum atomic E-state index is 0.831. The first kappa shape index (κ1) is 15.3. The topological polar surface area (TPSA) is 41.0 Å². The maximum absolute atomic E-state index is 4.68. The van der Waals surface area contributed by atoms with Crippen LogP contribution in [0.1, 0.15) is 32.2 Å². The molecule has 0 saturated carbocycles. The van der Waals surface area contributed by atoms with E-state index in [1.165, 1.54) is 5.56 Å². The number of hydrogen-bond donors (Lipinski definition) is 1. The van der Waals surface area contributed by atoms with Crippen molar-refractivity contribution in [2.24, 2.45) is 0 Å². The Morgan fingerprint density at radius 1 is 1.05 bits per heavy atom. The second-order valence-corrected chi connectivity index (χ2v) is 4.99. The molecule has 0 fully saturated rings. The molecule has 0 aliphatic carbocycles. The van der Waals surface area contributed by atoms with Crippen molar-refractivity contribution in [2.45, 2.75) is 34.1 Å². The van der Waals surface area contributed by atoms with Crippen molar-refractivity contribution in [3.05, 3.63) is 41.7 Å². The Morgan fingerprint density at radius 3 is 2.33 bits per heavy atom. The second-order valence-electron chi connectivity index (χ2n) is 4.99. The summed E-state index contributed by atoms with van der Waals surface area (Å²) in [6.45, 7) is 10.1. The van der Waals surface area contributed by atoms with Crippen molar-refractivity contribution in [2.75, 3.05) is 23.3 Å². The fourth-order valence-electron chi connectivity index (χ4n) is 2.25. The molecule has 2 aromatic rings. The third-order valence-corrected chi connectivity index (χ3v) is 3.37. The number of aromatic nitrogens is 2. The smallest absolute Gasteiger partial charge is 0.138 e. The molecule has 1 heterocycles. The van der Waals surface area contributed by atoms with Gasteiger partial charge in [0, 0.05) is 31.3 Å². The van der Waals surface area contributed by atoms with Crippen LogP contribution in [0.5, 0.6) is 0 Å². The maximum Gasteiger partial charge on any atom is 0.138 e. The van der Waals surface area contributed by atoms with Crippen LogP contribution in [0, 0.1) is 6.92 Å². The predicted octanol–water partition coefficient (Wildman–Crippen LogP) is 3.94. The number of hydrogen-bond acceptors (Lipinski definition) is 4. The first-order valence-electron chi connectivity index (χ1n) is 7.64. The Bertz CT molecular complexity index is 578. The minimum Gasteiger partial charge on any atom is -0.370 e. The van der Waals surface area contributed by atoms with Gasteiger partial charge in [-0.25, -0.2) is 9.97 Å². The number of nitrogens with zero attached hydrogens (tertiary/aromatic N) is 3. The highest BCUT2D eigenvalue weighted by atomic mass is 15.2. The van der Waals surface area contributed by atoms with E-state index in [-0.39, 0.29) is 0 Å². The first-order valence-corrected chi connectivity index (χ1v) is 7.64. The van der Waals surface area contributed by atoms with E-state index in [1.54, 1.807) is 0 Å². The maximum atomic E-state index is 4.68. The highest BCUT2D eigenvalue weighted by Crippen LogP contribution is 2.25. The van der Waals surface area contributed by atoms with Crippen LogP contribution >= 0.6 is 0 Å². The lowest BCUT2D eigenvalue weighted by atomic mass is 10.2. The molecule has 4 nitrogen and oxygen atoms in total. The molecule has 4 heteroatoms. The van der Waals surface area contributed by atoms with Gasteiger partial charge >= 0.3 is 0 Å². The highest BCUT2D eigenvalue weighted by Gasteiger charge is 2.11. The Labute approximate surface area is 127 Å². The van der Waals surface area contributed by atoms with E-state index in [4.69, 9.17) is 0 Å². The van der Waals surface area contributed by atoms with E-state index < -0.39 is 0 Å². The third kappa shape index (κ3) is 3.72. The van der Waals surface area contributed by atoms with Gasteiger partial charge in [-0.05, 0) is 32.9 Å². The van der Waals surface area contributed by atoms with E-state index in [0.29, 0.717) is 0 Å². The average molecular weight is 284 g/mol. The van der Waals surface area contributed by atoms with Crippen LogP contribution in [0.15, 0.2) is 30.3 Å². The molecule has 2 rings (SSSR count). The lowest BCUT2D eigenvalue weighted by Gasteiger charge is -2.23. The van der Waals surface area contributed by atoms with Crippen LogP contribution in [0.2, 0.25) is 0 Å². The average Bonchev–Trinajstić information content (AvgIpc) is 2.50. The van der Waals surface area contributed by atoms with Gasteiger partial charge in [-0.1, -0.05) is 24.6 Å². The molecule has 0 aliphatic rings. The van der Waals surface area contributed by atoms with Gasteiger partial charge in [-0.3, -0.25) is 0 Å². The molecular formula is C17H24N4. The Balaban J connectivity index is 2.40. The van der Waals surface area contributed by atoms with Gasteiger partial charge < -0.3 is 10.2 Å². The van der Waals surface area contributed by atoms with Crippen LogP contribution in [0.3, 0.4) is 0 Å². The van der Waals surface area contributed by atoms with E-state index in [1.807, 2.05) is 6.07 Å². The quantitative estimate of drug-likeness (QED) is 0.872. The molecule has 0 amide bonds. The first-order chi connectivity index (χ1) is 10.2. The molecule has 1 N–H and O–H groups in total. The highest BCUT2D eigenvalue weighted by molar-refractivity contribution is 5.62. The van der Waals surface area contributed by atoms with Gasteiger partial charge in [0.2, 0.25) is 0 Å². The van der Waals surface area contributed by atoms with Gasteiger partial charge in [0.05, 0.1) is 0 Å². The fourth-order valence-corrected chi connectivity index (χ4v) is 2.25. The van der Waals surface area contributed by atoms with Gasteiger partial charge in [0.1, 0.15) is 17.5 Å². The zero-order valence-corrected chi connectivity index (χ0v) is 13.3. The lowest BCUT2D eigenvalue weighted by molar-refractivity contribution is 0.901. The number of aryl methyl sites for hydroxylation is 2. The molecule has 0 bridgehead atoms. The molecule has 0 atom stereocenters. The molecule has 0 spiro atoms. The summed E-state index contributed by atoms with van der Waals surface area (Å²) in [5.74, 6) is 2.71. The van der Waals surface area contributed by atoms with Crippen molar-refractivity contribution in [3.63, 3.8) is 0 Å². The van der Waals surface area contributed by atoms with E-state index in [9.17, 15) is 0 Å². The zero-order chi connectivity index (χ0) is 15.2. The molecule has 1 aromatic carbocycles. The summed E-state index contributed by atoms with van der Waals surface area (Å²) in [7, 11) is 0. The SMILES string of the molecule is CCNc1cc(N(CC)c2ccc(C)cc2)nc(CC)n1. The molecule has 21 heavy (non-hydrogen) atoms. The Kier molecular flexibility index (Phi) is 5.14.